The van der Waals surface area contributed by atoms with Crippen LogP contribution < -0.4 is 14.3 Å². The van der Waals surface area contributed by atoms with Crippen LogP contribution in [0.2, 0.25) is 5.02 Å². The van der Waals surface area contributed by atoms with Gasteiger partial charge in [-0.25, -0.2) is 16.8 Å². The zero-order valence-electron chi connectivity index (χ0n) is 22.1. The molecule has 208 valence electrons. The molecule has 0 aromatic heterocycles. The van der Waals surface area contributed by atoms with Crippen molar-refractivity contribution < 1.29 is 21.6 Å². The van der Waals surface area contributed by atoms with Crippen LogP contribution in [0.3, 0.4) is 0 Å². The molecular formula is C29H28ClN3O5S2. The minimum atomic E-state index is -4.07. The number of nitrogens with one attached hydrogen (secondary N) is 2. The molecule has 0 saturated heterocycles. The number of carbonyl (C=O) groups is 1. The SMILES string of the molecule is Cc1cccc(N(CC(=O)Nc2ccc(S(=O)(=O)Nc3cccc(Cl)c3C)cc2)S(=O)(=O)c2ccccc2)c1C. The quantitative estimate of drug-likeness (QED) is 0.249. The summed E-state index contributed by atoms with van der Waals surface area (Å²) in [6.07, 6.45) is 0. The number of benzene rings is 4. The summed E-state index contributed by atoms with van der Waals surface area (Å²) in [4.78, 5) is 13.1. The highest BCUT2D eigenvalue weighted by atomic mass is 35.5. The summed E-state index contributed by atoms with van der Waals surface area (Å²) in [6.45, 7) is 4.88. The molecule has 4 aromatic carbocycles. The van der Waals surface area contributed by atoms with Crippen molar-refractivity contribution in [2.75, 3.05) is 20.9 Å². The fourth-order valence-corrected chi connectivity index (χ4v) is 6.79. The van der Waals surface area contributed by atoms with Crippen molar-refractivity contribution in [1.29, 1.82) is 0 Å². The van der Waals surface area contributed by atoms with Gasteiger partial charge in [0, 0.05) is 10.7 Å². The number of nitrogens with zero attached hydrogens (tertiary/aromatic N) is 1. The van der Waals surface area contributed by atoms with Crippen molar-refractivity contribution >= 4 is 54.6 Å². The minimum Gasteiger partial charge on any atom is -0.325 e. The van der Waals surface area contributed by atoms with E-state index < -0.39 is 32.5 Å². The van der Waals surface area contributed by atoms with E-state index in [-0.39, 0.29) is 9.79 Å². The number of aryl methyl sites for hydroxylation is 1. The van der Waals surface area contributed by atoms with Crippen molar-refractivity contribution in [3.8, 4) is 0 Å². The molecule has 8 nitrogen and oxygen atoms in total. The Morgan fingerprint density at radius 3 is 2.08 bits per heavy atom. The topological polar surface area (TPSA) is 113 Å². The second-order valence-corrected chi connectivity index (χ2v) is 13.1. The Hall–Kier alpha value is -3.86. The first-order chi connectivity index (χ1) is 18.9. The monoisotopic (exact) mass is 597 g/mol. The van der Waals surface area contributed by atoms with E-state index >= 15 is 0 Å². The third-order valence-corrected chi connectivity index (χ3v) is 9.99. The molecule has 0 unspecified atom stereocenters. The Morgan fingerprint density at radius 2 is 1.40 bits per heavy atom. The van der Waals surface area contributed by atoms with E-state index in [9.17, 15) is 21.6 Å². The lowest BCUT2D eigenvalue weighted by Crippen LogP contribution is -2.38. The van der Waals surface area contributed by atoms with Gasteiger partial charge in [-0.1, -0.05) is 48.0 Å². The molecule has 0 heterocycles. The molecule has 0 aliphatic carbocycles. The van der Waals surface area contributed by atoms with Crippen molar-refractivity contribution in [1.82, 2.24) is 0 Å². The average Bonchev–Trinajstić information content (AvgIpc) is 2.92. The van der Waals surface area contributed by atoms with Gasteiger partial charge in [0.15, 0.2) is 0 Å². The molecule has 0 aliphatic rings. The predicted molar refractivity (Wildman–Crippen MR) is 159 cm³/mol. The highest BCUT2D eigenvalue weighted by molar-refractivity contribution is 7.93. The summed E-state index contributed by atoms with van der Waals surface area (Å²) < 4.78 is 56.6. The largest absolute Gasteiger partial charge is 0.325 e. The minimum absolute atomic E-state index is 0.0199. The van der Waals surface area contributed by atoms with Gasteiger partial charge in [0.1, 0.15) is 6.54 Å². The van der Waals surface area contributed by atoms with E-state index in [1.165, 1.54) is 36.4 Å². The van der Waals surface area contributed by atoms with Crippen LogP contribution in [0, 0.1) is 20.8 Å². The van der Waals surface area contributed by atoms with Gasteiger partial charge >= 0.3 is 0 Å². The number of halogens is 1. The highest BCUT2D eigenvalue weighted by Gasteiger charge is 2.28. The van der Waals surface area contributed by atoms with Crippen LogP contribution in [0.25, 0.3) is 0 Å². The summed E-state index contributed by atoms with van der Waals surface area (Å²) >= 11 is 6.10. The van der Waals surface area contributed by atoms with Crippen molar-refractivity contribution in [2.24, 2.45) is 0 Å². The maximum absolute atomic E-state index is 13.6. The molecule has 0 saturated carbocycles. The van der Waals surface area contributed by atoms with Crippen LogP contribution in [0.4, 0.5) is 17.1 Å². The van der Waals surface area contributed by atoms with E-state index in [4.69, 9.17) is 11.6 Å². The third kappa shape index (κ3) is 6.30. The number of rotatable bonds is 9. The number of carbonyl (C=O) groups excluding carboxylic acids is 1. The normalized spacial score (nSPS) is 11.6. The summed E-state index contributed by atoms with van der Waals surface area (Å²) in [7, 11) is -7.99. The molecule has 0 bridgehead atoms. The number of hydrogen-bond acceptors (Lipinski definition) is 5. The lowest BCUT2D eigenvalue weighted by Gasteiger charge is -2.26. The maximum Gasteiger partial charge on any atom is 0.264 e. The zero-order valence-corrected chi connectivity index (χ0v) is 24.4. The van der Waals surface area contributed by atoms with Crippen LogP contribution in [-0.2, 0) is 24.8 Å². The zero-order chi connectivity index (χ0) is 29.1. The van der Waals surface area contributed by atoms with Crippen LogP contribution in [0.5, 0.6) is 0 Å². The number of sulfonamides is 2. The Morgan fingerprint density at radius 1 is 0.750 bits per heavy atom. The summed E-state index contributed by atoms with van der Waals surface area (Å²) in [5.74, 6) is -0.594. The Balaban J connectivity index is 1.56. The lowest BCUT2D eigenvalue weighted by molar-refractivity contribution is -0.114. The molecule has 4 rings (SSSR count). The van der Waals surface area contributed by atoms with Gasteiger partial charge in [-0.05, 0) is 92.1 Å². The molecular weight excluding hydrogens is 570 g/mol. The molecule has 11 heteroatoms. The van der Waals surface area contributed by atoms with Gasteiger partial charge in [0.2, 0.25) is 5.91 Å². The third-order valence-electron chi connectivity index (χ3n) is 6.42. The number of anilines is 3. The van der Waals surface area contributed by atoms with Crippen molar-refractivity contribution in [3.63, 3.8) is 0 Å². The molecule has 40 heavy (non-hydrogen) atoms. The Labute approximate surface area is 239 Å². The maximum atomic E-state index is 13.6. The Bertz CT molecular complexity index is 1760. The second kappa shape index (κ2) is 11.7. The van der Waals surface area contributed by atoms with E-state index in [0.29, 0.717) is 27.6 Å². The summed E-state index contributed by atoms with van der Waals surface area (Å²) in [5.41, 5.74) is 3.26. The first-order valence-corrected chi connectivity index (χ1v) is 15.5. The van der Waals surface area contributed by atoms with Crippen LogP contribution in [0.15, 0.2) is 101 Å². The molecule has 0 atom stereocenters. The van der Waals surface area contributed by atoms with E-state index in [0.717, 1.165) is 15.4 Å². The fraction of sp³-hybridized carbons (Fsp3) is 0.138. The van der Waals surface area contributed by atoms with Crippen LogP contribution in [0.1, 0.15) is 16.7 Å². The summed E-state index contributed by atoms with van der Waals surface area (Å²) in [5, 5.41) is 3.10. The molecule has 0 spiro atoms. The van der Waals surface area contributed by atoms with E-state index in [1.807, 2.05) is 13.0 Å². The van der Waals surface area contributed by atoms with Gasteiger partial charge in [-0.15, -0.1) is 0 Å². The smallest absolute Gasteiger partial charge is 0.264 e. The predicted octanol–water partition coefficient (Wildman–Crippen LogP) is 5.90. The lowest BCUT2D eigenvalue weighted by atomic mass is 10.1. The van der Waals surface area contributed by atoms with Gasteiger partial charge in [-0.2, -0.15) is 0 Å². The standard InChI is InChI=1S/C29H28ClN3O5S2/c1-20-9-7-14-28(21(20)2)33(40(37,38)25-10-5-4-6-11-25)19-29(34)31-23-15-17-24(18-16-23)39(35,36)32-27-13-8-12-26(30)22(27)3/h4-18,32H,19H2,1-3H3,(H,31,34). The van der Waals surface area contributed by atoms with Gasteiger partial charge in [0.25, 0.3) is 20.0 Å². The van der Waals surface area contributed by atoms with Gasteiger partial charge < -0.3 is 5.32 Å². The highest BCUT2D eigenvalue weighted by Crippen LogP contribution is 2.29. The fourth-order valence-electron chi connectivity index (χ4n) is 4.00. The first kappa shape index (κ1) is 29.1. The number of amides is 1. The Kier molecular flexibility index (Phi) is 8.53. The molecule has 1 amide bonds. The first-order valence-electron chi connectivity index (χ1n) is 12.2. The van der Waals surface area contributed by atoms with Crippen LogP contribution in [-0.4, -0.2) is 29.3 Å². The van der Waals surface area contributed by atoms with Crippen LogP contribution >= 0.6 is 11.6 Å². The van der Waals surface area contributed by atoms with E-state index in [1.54, 1.807) is 62.4 Å². The van der Waals surface area contributed by atoms with Crippen molar-refractivity contribution in [2.45, 2.75) is 30.6 Å². The van der Waals surface area contributed by atoms with Crippen molar-refractivity contribution in [3.05, 3.63) is 113 Å². The van der Waals surface area contributed by atoms with Gasteiger partial charge in [-0.3, -0.25) is 13.8 Å². The molecule has 4 aromatic rings. The average molecular weight is 598 g/mol. The molecule has 2 N–H and O–H groups in total. The molecule has 0 radical (unpaired) electrons. The second-order valence-electron chi connectivity index (χ2n) is 9.13. The van der Waals surface area contributed by atoms with E-state index in [2.05, 4.69) is 10.0 Å². The van der Waals surface area contributed by atoms with Gasteiger partial charge in [0.05, 0.1) is 21.2 Å². The molecule has 0 fully saturated rings. The molecule has 0 aliphatic heterocycles. The number of hydrogen-bond donors (Lipinski definition) is 2. The summed E-state index contributed by atoms with van der Waals surface area (Å²) in [6, 6.07) is 23.6.